The molecule has 0 spiro atoms. The molecule has 0 saturated carbocycles. The molecular weight excluding hydrogens is 236 g/mol. The summed E-state index contributed by atoms with van der Waals surface area (Å²) in [7, 11) is 0. The van der Waals surface area contributed by atoms with Crippen LogP contribution in [0.25, 0.3) is 0 Å². The van der Waals surface area contributed by atoms with E-state index < -0.39 is 0 Å². The second-order valence-electron chi connectivity index (χ2n) is 5.53. The zero-order chi connectivity index (χ0) is 14.4. The van der Waals surface area contributed by atoms with Gasteiger partial charge in [-0.25, -0.2) is 0 Å². The normalized spacial score (nSPS) is 16.6. The fourth-order valence-electron chi connectivity index (χ4n) is 2.54. The summed E-state index contributed by atoms with van der Waals surface area (Å²) in [5, 5.41) is 0. The van der Waals surface area contributed by atoms with Gasteiger partial charge in [0.1, 0.15) is 0 Å². The second kappa shape index (κ2) is 7.42. The lowest BCUT2D eigenvalue weighted by atomic mass is 9.84. The maximum atomic E-state index is 12.2. The van der Waals surface area contributed by atoms with Crippen molar-refractivity contribution in [2.75, 3.05) is 0 Å². The van der Waals surface area contributed by atoms with Gasteiger partial charge in [-0.2, -0.15) is 0 Å². The lowest BCUT2D eigenvalue weighted by Crippen LogP contribution is -2.20. The van der Waals surface area contributed by atoms with Crippen LogP contribution in [0.15, 0.2) is 22.3 Å². The minimum atomic E-state index is 0.0538. The summed E-state index contributed by atoms with van der Waals surface area (Å²) in [5.74, 6) is 0.140. The predicted octanol–water partition coefficient (Wildman–Crippen LogP) is 4.54. The number of allylic oxidation sites excluding steroid dienone is 4. The quantitative estimate of drug-likeness (QED) is 0.498. The molecule has 0 heterocycles. The largest absolute Gasteiger partial charge is 0.289 e. The Labute approximate surface area is 117 Å². The molecule has 0 aliphatic heterocycles. The first-order valence-electron chi connectivity index (χ1n) is 7.47. The highest BCUT2D eigenvalue weighted by molar-refractivity contribution is 6.24. The summed E-state index contributed by atoms with van der Waals surface area (Å²) < 4.78 is 0. The van der Waals surface area contributed by atoms with Gasteiger partial charge in [0, 0.05) is 22.3 Å². The van der Waals surface area contributed by atoms with Gasteiger partial charge >= 0.3 is 0 Å². The minimum absolute atomic E-state index is 0.0538. The number of unbranched alkanes of at least 4 members (excludes halogenated alkanes) is 5. The van der Waals surface area contributed by atoms with Gasteiger partial charge in [-0.3, -0.25) is 9.59 Å². The first kappa shape index (κ1) is 15.9. The molecular formula is C17H26O2. The molecule has 0 N–H and O–H groups in total. The Bertz CT molecular complexity index is 425. The lowest BCUT2D eigenvalue weighted by molar-refractivity contribution is -0.116. The number of rotatable bonds is 7. The molecule has 2 nitrogen and oxygen atoms in total. The molecule has 0 aromatic carbocycles. The molecule has 1 rings (SSSR count). The highest BCUT2D eigenvalue weighted by atomic mass is 16.1. The van der Waals surface area contributed by atoms with Crippen LogP contribution < -0.4 is 0 Å². The summed E-state index contributed by atoms with van der Waals surface area (Å²) in [6, 6.07) is 0. The highest BCUT2D eigenvalue weighted by Crippen LogP contribution is 2.27. The Hall–Kier alpha value is -1.18. The maximum Gasteiger partial charge on any atom is 0.185 e. The van der Waals surface area contributed by atoms with Crippen LogP contribution in [-0.4, -0.2) is 11.6 Å². The van der Waals surface area contributed by atoms with Crippen LogP contribution in [0.5, 0.6) is 0 Å². The van der Waals surface area contributed by atoms with Crippen LogP contribution in [0.4, 0.5) is 0 Å². The number of hydrogen-bond acceptors (Lipinski definition) is 2. The van der Waals surface area contributed by atoms with Crippen molar-refractivity contribution in [1.82, 2.24) is 0 Å². The van der Waals surface area contributed by atoms with Crippen molar-refractivity contribution in [3.05, 3.63) is 22.3 Å². The third-order valence-electron chi connectivity index (χ3n) is 4.09. The average molecular weight is 262 g/mol. The van der Waals surface area contributed by atoms with Gasteiger partial charge in [0.15, 0.2) is 11.6 Å². The molecule has 19 heavy (non-hydrogen) atoms. The van der Waals surface area contributed by atoms with E-state index in [0.29, 0.717) is 16.7 Å². The molecule has 0 atom stereocenters. The molecule has 0 saturated heterocycles. The monoisotopic (exact) mass is 262 g/mol. The molecule has 0 aromatic rings. The Morgan fingerprint density at radius 1 is 0.684 bits per heavy atom. The topological polar surface area (TPSA) is 34.1 Å². The van der Waals surface area contributed by atoms with Gasteiger partial charge in [-0.15, -0.1) is 0 Å². The fraction of sp³-hybridized carbons (Fsp3) is 0.647. The van der Waals surface area contributed by atoms with E-state index in [2.05, 4.69) is 6.92 Å². The SMILES string of the molecule is CCCCCCCCC1=C(C)C(=O)C(C)=C(C)C1=O. The standard InChI is InChI=1S/C17H26O2/c1-5-6-7-8-9-10-11-15-14(4)16(18)12(2)13(3)17(15)19/h5-11H2,1-4H3. The molecule has 106 valence electrons. The number of ketones is 2. The van der Waals surface area contributed by atoms with Crippen LogP contribution in [0, 0.1) is 0 Å². The maximum absolute atomic E-state index is 12.2. The number of carbonyl (C=O) groups excluding carboxylic acids is 2. The summed E-state index contributed by atoms with van der Waals surface area (Å²) in [4.78, 5) is 24.2. The smallest absolute Gasteiger partial charge is 0.185 e. The molecule has 0 fully saturated rings. The second-order valence-corrected chi connectivity index (χ2v) is 5.53. The third-order valence-corrected chi connectivity index (χ3v) is 4.09. The zero-order valence-electron chi connectivity index (χ0n) is 12.8. The van der Waals surface area contributed by atoms with Gasteiger partial charge < -0.3 is 0 Å². The minimum Gasteiger partial charge on any atom is -0.289 e. The molecule has 0 radical (unpaired) electrons. The molecule has 0 bridgehead atoms. The van der Waals surface area contributed by atoms with Gasteiger partial charge in [0.2, 0.25) is 0 Å². The Morgan fingerprint density at radius 3 is 1.84 bits per heavy atom. The Kier molecular flexibility index (Phi) is 6.20. The number of hydrogen-bond donors (Lipinski definition) is 0. The van der Waals surface area contributed by atoms with E-state index in [0.717, 1.165) is 24.8 Å². The summed E-state index contributed by atoms with van der Waals surface area (Å²) in [6.45, 7) is 7.52. The van der Waals surface area contributed by atoms with E-state index >= 15 is 0 Å². The molecule has 2 heteroatoms. The van der Waals surface area contributed by atoms with E-state index in [1.165, 1.54) is 25.7 Å². The van der Waals surface area contributed by atoms with Crippen LogP contribution in [0.3, 0.4) is 0 Å². The van der Waals surface area contributed by atoms with Crippen molar-refractivity contribution in [3.8, 4) is 0 Å². The molecule has 0 aromatic heterocycles. The average Bonchev–Trinajstić information content (AvgIpc) is 2.41. The van der Waals surface area contributed by atoms with Crippen molar-refractivity contribution < 1.29 is 9.59 Å². The van der Waals surface area contributed by atoms with E-state index in [9.17, 15) is 9.59 Å². The lowest BCUT2D eigenvalue weighted by Gasteiger charge is -2.18. The van der Waals surface area contributed by atoms with E-state index in [4.69, 9.17) is 0 Å². The van der Waals surface area contributed by atoms with Crippen LogP contribution in [0.1, 0.15) is 72.6 Å². The summed E-state index contributed by atoms with van der Waals surface area (Å²) in [5.41, 5.74) is 2.68. The van der Waals surface area contributed by atoms with Gasteiger partial charge in [-0.1, -0.05) is 39.0 Å². The molecule has 0 unspecified atom stereocenters. The van der Waals surface area contributed by atoms with Crippen molar-refractivity contribution in [2.45, 2.75) is 72.6 Å². The van der Waals surface area contributed by atoms with Crippen molar-refractivity contribution >= 4 is 11.6 Å². The van der Waals surface area contributed by atoms with Crippen molar-refractivity contribution in [2.24, 2.45) is 0 Å². The fourth-order valence-corrected chi connectivity index (χ4v) is 2.54. The third kappa shape index (κ3) is 3.89. The van der Waals surface area contributed by atoms with Gasteiger partial charge in [0.25, 0.3) is 0 Å². The Balaban J connectivity index is 2.53. The number of carbonyl (C=O) groups is 2. The van der Waals surface area contributed by atoms with E-state index in [1.54, 1.807) is 20.8 Å². The van der Waals surface area contributed by atoms with Crippen molar-refractivity contribution in [3.63, 3.8) is 0 Å². The first-order valence-corrected chi connectivity index (χ1v) is 7.47. The number of Topliss-reactive ketones (excluding diaryl/α,β-unsaturated/α-hetero) is 2. The Morgan fingerprint density at radius 2 is 1.21 bits per heavy atom. The van der Waals surface area contributed by atoms with Crippen LogP contribution in [0.2, 0.25) is 0 Å². The predicted molar refractivity (Wildman–Crippen MR) is 79.1 cm³/mol. The summed E-state index contributed by atoms with van der Waals surface area (Å²) >= 11 is 0. The molecule has 0 amide bonds. The summed E-state index contributed by atoms with van der Waals surface area (Å²) in [6.07, 6.45) is 7.98. The van der Waals surface area contributed by atoms with E-state index in [-0.39, 0.29) is 11.6 Å². The van der Waals surface area contributed by atoms with Gasteiger partial charge in [-0.05, 0) is 33.6 Å². The van der Waals surface area contributed by atoms with E-state index in [1.807, 2.05) is 0 Å². The van der Waals surface area contributed by atoms with Crippen LogP contribution >= 0.6 is 0 Å². The zero-order valence-corrected chi connectivity index (χ0v) is 12.8. The van der Waals surface area contributed by atoms with Gasteiger partial charge in [0.05, 0.1) is 0 Å². The van der Waals surface area contributed by atoms with Crippen molar-refractivity contribution in [1.29, 1.82) is 0 Å². The van der Waals surface area contributed by atoms with Crippen LogP contribution in [-0.2, 0) is 9.59 Å². The first-order chi connectivity index (χ1) is 9.00. The molecule has 1 aliphatic rings. The highest BCUT2D eigenvalue weighted by Gasteiger charge is 2.26. The molecule has 1 aliphatic carbocycles.